The fourth-order valence-corrected chi connectivity index (χ4v) is 4.75. The number of nitrogens with one attached hydrogen (secondary N) is 2. The lowest BCUT2D eigenvalue weighted by atomic mass is 9.97. The smallest absolute Gasteiger partial charge is 0.261 e. The van der Waals surface area contributed by atoms with Crippen molar-refractivity contribution in [3.05, 3.63) is 51.4 Å². The number of aryl methyl sites for hydroxylation is 1. The molecular weight excluding hydrogens is 422 g/mol. The molecule has 6 nitrogen and oxygen atoms in total. The first-order valence-corrected chi connectivity index (χ1v) is 11.3. The first-order valence-electron chi connectivity index (χ1n) is 10.1. The van der Waals surface area contributed by atoms with Gasteiger partial charge in [0.25, 0.3) is 11.8 Å². The van der Waals surface area contributed by atoms with Crippen LogP contribution in [0.3, 0.4) is 0 Å². The zero-order valence-corrected chi connectivity index (χ0v) is 18.9. The van der Waals surface area contributed by atoms with Crippen molar-refractivity contribution in [3.8, 4) is 0 Å². The summed E-state index contributed by atoms with van der Waals surface area (Å²) in [6.07, 6.45) is 2.15. The molecule has 0 bridgehead atoms. The van der Waals surface area contributed by atoms with E-state index in [4.69, 9.17) is 16.3 Å². The summed E-state index contributed by atoms with van der Waals surface area (Å²) in [6, 6.07) is 8.72. The molecule has 2 amide bonds. The second-order valence-corrected chi connectivity index (χ2v) is 9.00. The monoisotopic (exact) mass is 449 g/mol. The average molecular weight is 450 g/mol. The van der Waals surface area contributed by atoms with E-state index in [1.54, 1.807) is 31.4 Å². The van der Waals surface area contributed by atoms with Gasteiger partial charge in [-0.25, -0.2) is 0 Å². The van der Waals surface area contributed by atoms with Crippen LogP contribution in [0.15, 0.2) is 30.3 Å². The fourth-order valence-electron chi connectivity index (χ4n) is 3.55. The number of nitrogens with zero attached hydrogens (tertiary/aromatic N) is 1. The summed E-state index contributed by atoms with van der Waals surface area (Å²) < 4.78 is 5.14. The lowest BCUT2D eigenvalue weighted by Gasteiger charge is -2.31. The van der Waals surface area contributed by atoms with Crippen molar-refractivity contribution < 1.29 is 14.3 Å². The Balaban J connectivity index is 1.51. The predicted octanol–water partition coefficient (Wildman–Crippen LogP) is 4.05. The van der Waals surface area contributed by atoms with E-state index in [2.05, 4.69) is 15.5 Å². The van der Waals surface area contributed by atoms with Crippen LogP contribution in [0.1, 0.15) is 38.4 Å². The highest BCUT2D eigenvalue weighted by atomic mass is 35.5. The van der Waals surface area contributed by atoms with Gasteiger partial charge in [0.1, 0.15) is 0 Å². The maximum Gasteiger partial charge on any atom is 0.261 e. The summed E-state index contributed by atoms with van der Waals surface area (Å²) in [4.78, 5) is 28.2. The predicted molar refractivity (Wildman–Crippen MR) is 122 cm³/mol. The number of hydrogen-bond acceptors (Lipinski definition) is 5. The van der Waals surface area contributed by atoms with Crippen LogP contribution in [0.5, 0.6) is 0 Å². The van der Waals surface area contributed by atoms with Crippen molar-refractivity contribution >= 4 is 39.8 Å². The van der Waals surface area contributed by atoms with E-state index in [0.717, 1.165) is 44.6 Å². The van der Waals surface area contributed by atoms with Crippen molar-refractivity contribution in [2.24, 2.45) is 5.92 Å². The summed E-state index contributed by atoms with van der Waals surface area (Å²) in [5.41, 5.74) is 1.26. The molecule has 8 heteroatoms. The van der Waals surface area contributed by atoms with E-state index in [1.165, 1.54) is 11.3 Å². The number of piperidine rings is 1. The summed E-state index contributed by atoms with van der Waals surface area (Å²) in [7, 11) is 1.72. The zero-order valence-electron chi connectivity index (χ0n) is 17.4. The summed E-state index contributed by atoms with van der Waals surface area (Å²) in [6.45, 7) is 6.36. The fraction of sp³-hybridized carbons (Fsp3) is 0.455. The lowest BCUT2D eigenvalue weighted by Crippen LogP contribution is -2.39. The third kappa shape index (κ3) is 6.04. The molecule has 1 saturated heterocycles. The van der Waals surface area contributed by atoms with Crippen molar-refractivity contribution in [2.75, 3.05) is 45.2 Å². The number of hydrogen-bond donors (Lipinski definition) is 2. The molecule has 0 aliphatic carbocycles. The van der Waals surface area contributed by atoms with Gasteiger partial charge < -0.3 is 20.3 Å². The van der Waals surface area contributed by atoms with E-state index in [9.17, 15) is 9.59 Å². The van der Waals surface area contributed by atoms with Crippen LogP contribution in [-0.2, 0) is 4.74 Å². The van der Waals surface area contributed by atoms with E-state index >= 15 is 0 Å². The Labute approximate surface area is 186 Å². The average Bonchev–Trinajstić information content (AvgIpc) is 3.11. The third-order valence-corrected chi connectivity index (χ3v) is 6.83. The number of ether oxygens (including phenoxy) is 1. The molecular formula is C22H28ClN3O3S. The molecule has 3 rings (SSSR count). The van der Waals surface area contributed by atoms with Crippen molar-refractivity contribution in [1.82, 2.24) is 10.2 Å². The van der Waals surface area contributed by atoms with Gasteiger partial charge >= 0.3 is 0 Å². The van der Waals surface area contributed by atoms with Gasteiger partial charge in [0.15, 0.2) is 0 Å². The second kappa shape index (κ2) is 10.9. The Morgan fingerprint density at radius 2 is 1.97 bits per heavy atom. The minimum absolute atomic E-state index is 0.0856. The van der Waals surface area contributed by atoms with Gasteiger partial charge in [-0.15, -0.1) is 11.3 Å². The number of carbonyl (C=O) groups excluding carboxylic acids is 2. The normalized spacial score (nSPS) is 15.2. The summed E-state index contributed by atoms with van der Waals surface area (Å²) >= 11 is 7.37. The molecule has 0 unspecified atom stereocenters. The SMILES string of the molecule is COCCN1CCC(CNC(=O)c2sc(NC(=O)c3ccccc3Cl)cc2C)CC1. The molecule has 162 valence electrons. The molecule has 2 N–H and O–H groups in total. The number of thiophene rings is 1. The highest BCUT2D eigenvalue weighted by molar-refractivity contribution is 7.18. The Bertz CT molecular complexity index is 878. The molecule has 1 aromatic carbocycles. The standard InChI is InChI=1S/C22H28ClN3O3S/c1-15-13-19(25-21(27)17-5-3-4-6-18(17)23)30-20(15)22(28)24-14-16-7-9-26(10-8-16)11-12-29-2/h3-6,13,16H,7-12,14H2,1-2H3,(H,24,28)(H,25,27). The molecule has 1 aliphatic rings. The topological polar surface area (TPSA) is 70.7 Å². The maximum atomic E-state index is 12.7. The van der Waals surface area contributed by atoms with Gasteiger partial charge in [-0.05, 0) is 62.5 Å². The van der Waals surface area contributed by atoms with Gasteiger partial charge in [0, 0.05) is 20.2 Å². The molecule has 1 aliphatic heterocycles. The first kappa shape index (κ1) is 22.7. The van der Waals surface area contributed by atoms with Gasteiger partial charge in [-0.1, -0.05) is 23.7 Å². The summed E-state index contributed by atoms with van der Waals surface area (Å²) in [5, 5.41) is 6.94. The van der Waals surface area contributed by atoms with E-state index < -0.39 is 0 Å². The van der Waals surface area contributed by atoms with Crippen LogP contribution < -0.4 is 10.6 Å². The second-order valence-electron chi connectivity index (χ2n) is 7.54. The molecule has 1 aromatic heterocycles. The van der Waals surface area contributed by atoms with Crippen LogP contribution in [0.2, 0.25) is 5.02 Å². The largest absolute Gasteiger partial charge is 0.383 e. The van der Waals surface area contributed by atoms with Gasteiger partial charge in [-0.3, -0.25) is 9.59 Å². The number of methoxy groups -OCH3 is 1. The summed E-state index contributed by atoms with van der Waals surface area (Å²) in [5.74, 6) is 0.124. The minimum Gasteiger partial charge on any atom is -0.383 e. The van der Waals surface area contributed by atoms with E-state index in [1.807, 2.05) is 13.0 Å². The molecule has 30 heavy (non-hydrogen) atoms. The van der Waals surface area contributed by atoms with Gasteiger partial charge in [-0.2, -0.15) is 0 Å². The van der Waals surface area contributed by atoms with Crippen LogP contribution in [0, 0.1) is 12.8 Å². The Hall–Kier alpha value is -1.93. The van der Waals surface area contributed by atoms with Gasteiger partial charge in [0.05, 0.1) is 27.1 Å². The third-order valence-electron chi connectivity index (χ3n) is 5.35. The molecule has 0 spiro atoms. The van der Waals surface area contributed by atoms with E-state index in [0.29, 0.717) is 32.9 Å². The molecule has 0 atom stereocenters. The van der Waals surface area contributed by atoms with Gasteiger partial charge in [0.2, 0.25) is 0 Å². The van der Waals surface area contributed by atoms with Crippen LogP contribution in [0.4, 0.5) is 5.00 Å². The van der Waals surface area contributed by atoms with Crippen LogP contribution >= 0.6 is 22.9 Å². The highest BCUT2D eigenvalue weighted by Crippen LogP contribution is 2.28. The molecule has 0 saturated carbocycles. The number of anilines is 1. The quantitative estimate of drug-likeness (QED) is 0.637. The Kier molecular flexibility index (Phi) is 8.27. The number of likely N-dealkylation sites (tertiary alicyclic amines) is 1. The molecule has 2 heterocycles. The number of amides is 2. The Morgan fingerprint density at radius 1 is 1.23 bits per heavy atom. The molecule has 0 radical (unpaired) electrons. The lowest BCUT2D eigenvalue weighted by molar-refractivity contribution is 0.0928. The van der Waals surface area contributed by atoms with Crippen molar-refractivity contribution in [2.45, 2.75) is 19.8 Å². The number of carbonyl (C=O) groups is 2. The van der Waals surface area contributed by atoms with E-state index in [-0.39, 0.29) is 11.8 Å². The molecule has 1 fully saturated rings. The van der Waals surface area contributed by atoms with Crippen molar-refractivity contribution in [3.63, 3.8) is 0 Å². The minimum atomic E-state index is -0.283. The maximum absolute atomic E-state index is 12.7. The number of halogens is 1. The molecule has 2 aromatic rings. The van der Waals surface area contributed by atoms with Crippen LogP contribution in [0.25, 0.3) is 0 Å². The van der Waals surface area contributed by atoms with Crippen molar-refractivity contribution in [1.29, 1.82) is 0 Å². The number of rotatable bonds is 8. The first-order chi connectivity index (χ1) is 14.5. The van der Waals surface area contributed by atoms with Crippen LogP contribution in [-0.4, -0.2) is 56.6 Å². The number of benzene rings is 1. The highest BCUT2D eigenvalue weighted by Gasteiger charge is 2.21. The zero-order chi connectivity index (χ0) is 21.5. The Morgan fingerprint density at radius 3 is 2.67 bits per heavy atom.